The summed E-state index contributed by atoms with van der Waals surface area (Å²) in [6.45, 7) is 4.02. The number of rotatable bonds is 5. The van der Waals surface area contributed by atoms with Crippen molar-refractivity contribution >= 4 is 17.9 Å². The predicted octanol–water partition coefficient (Wildman–Crippen LogP) is 0.679. The van der Waals surface area contributed by atoms with Crippen LogP contribution < -0.4 is 11.1 Å². The van der Waals surface area contributed by atoms with Gasteiger partial charge in [0.05, 0.1) is 0 Å². The number of hydrogen-bond donors (Lipinski definition) is 3. The van der Waals surface area contributed by atoms with Crippen LogP contribution in [0.25, 0.3) is 0 Å². The molecule has 0 aromatic heterocycles. The molecule has 3 amide bonds. The number of carboxylic acids is 1. The van der Waals surface area contributed by atoms with E-state index in [9.17, 15) is 14.4 Å². The second-order valence-corrected chi connectivity index (χ2v) is 5.82. The van der Waals surface area contributed by atoms with Crippen molar-refractivity contribution in [3.8, 4) is 0 Å². The van der Waals surface area contributed by atoms with E-state index >= 15 is 0 Å². The minimum absolute atomic E-state index is 0.0213. The van der Waals surface area contributed by atoms with Crippen LogP contribution in [-0.2, 0) is 9.59 Å². The zero-order valence-corrected chi connectivity index (χ0v) is 12.0. The lowest BCUT2D eigenvalue weighted by Crippen LogP contribution is -2.57. The SMILES string of the molecule is CC(C)(CCC(=O)O)NC(=O)N1CCCCC1C(N)=O. The van der Waals surface area contributed by atoms with Gasteiger partial charge in [-0.3, -0.25) is 9.59 Å². The first kappa shape index (κ1) is 16.3. The van der Waals surface area contributed by atoms with Crippen LogP contribution in [0.4, 0.5) is 4.79 Å². The molecule has 0 aromatic rings. The number of piperidine rings is 1. The van der Waals surface area contributed by atoms with E-state index in [4.69, 9.17) is 10.8 Å². The maximum Gasteiger partial charge on any atom is 0.318 e. The van der Waals surface area contributed by atoms with Gasteiger partial charge in [-0.05, 0) is 39.5 Å². The normalized spacial score (nSPS) is 19.5. The summed E-state index contributed by atoms with van der Waals surface area (Å²) in [4.78, 5) is 35.6. The number of carboxylic acid groups (broad SMARTS) is 1. The minimum atomic E-state index is -0.902. The van der Waals surface area contributed by atoms with Crippen molar-refractivity contribution in [1.29, 1.82) is 0 Å². The van der Waals surface area contributed by atoms with E-state index in [0.29, 0.717) is 19.4 Å². The van der Waals surface area contributed by atoms with Crippen LogP contribution in [0.2, 0.25) is 0 Å². The van der Waals surface area contributed by atoms with E-state index in [2.05, 4.69) is 5.32 Å². The second kappa shape index (κ2) is 6.58. The van der Waals surface area contributed by atoms with Crippen molar-refractivity contribution in [2.45, 2.75) is 57.5 Å². The number of aliphatic carboxylic acids is 1. The van der Waals surface area contributed by atoms with Crippen LogP contribution >= 0.6 is 0 Å². The van der Waals surface area contributed by atoms with Gasteiger partial charge in [-0.15, -0.1) is 0 Å². The minimum Gasteiger partial charge on any atom is -0.481 e. The third kappa shape index (κ3) is 4.71. The van der Waals surface area contributed by atoms with Crippen molar-refractivity contribution in [2.24, 2.45) is 5.73 Å². The number of likely N-dealkylation sites (tertiary alicyclic amines) is 1. The van der Waals surface area contributed by atoms with Crippen LogP contribution in [0.5, 0.6) is 0 Å². The van der Waals surface area contributed by atoms with Gasteiger partial charge >= 0.3 is 12.0 Å². The van der Waals surface area contributed by atoms with Crippen LogP contribution in [0.15, 0.2) is 0 Å². The summed E-state index contributed by atoms with van der Waals surface area (Å²) in [5, 5.41) is 11.5. The Labute approximate surface area is 118 Å². The molecule has 1 atom stereocenters. The number of carbonyl (C=O) groups is 3. The molecule has 1 rings (SSSR count). The lowest BCUT2D eigenvalue weighted by atomic mass is 9.98. The maximum atomic E-state index is 12.2. The highest BCUT2D eigenvalue weighted by atomic mass is 16.4. The number of nitrogens with zero attached hydrogens (tertiary/aromatic N) is 1. The lowest BCUT2D eigenvalue weighted by molar-refractivity contribution is -0.137. The van der Waals surface area contributed by atoms with E-state index < -0.39 is 23.5 Å². The molecule has 1 heterocycles. The third-order valence-corrected chi connectivity index (χ3v) is 3.50. The van der Waals surface area contributed by atoms with Gasteiger partial charge < -0.3 is 21.1 Å². The molecule has 0 saturated carbocycles. The van der Waals surface area contributed by atoms with Gasteiger partial charge in [-0.25, -0.2) is 4.79 Å². The quantitative estimate of drug-likeness (QED) is 0.689. The number of carbonyl (C=O) groups excluding carboxylic acids is 2. The first-order valence-corrected chi connectivity index (χ1v) is 6.83. The van der Waals surface area contributed by atoms with Crippen molar-refractivity contribution in [1.82, 2.24) is 10.2 Å². The van der Waals surface area contributed by atoms with Crippen LogP contribution in [0.1, 0.15) is 46.0 Å². The average Bonchev–Trinajstić information content (AvgIpc) is 2.36. The summed E-state index contributed by atoms with van der Waals surface area (Å²) in [5.41, 5.74) is 4.68. The fourth-order valence-corrected chi connectivity index (χ4v) is 2.31. The molecule has 0 spiro atoms. The second-order valence-electron chi connectivity index (χ2n) is 5.82. The average molecular weight is 285 g/mol. The standard InChI is InChI=1S/C13H23N3O4/c1-13(2,7-6-10(17)18)15-12(20)16-8-4-3-5-9(16)11(14)19/h9H,3-8H2,1-2H3,(H2,14,19)(H,15,20)(H,17,18). The number of amides is 3. The zero-order valence-electron chi connectivity index (χ0n) is 12.0. The Balaban J connectivity index is 2.63. The van der Waals surface area contributed by atoms with Gasteiger partial charge in [0.2, 0.25) is 5.91 Å². The number of nitrogens with two attached hydrogens (primary N) is 1. The molecule has 7 heteroatoms. The summed E-state index contributed by atoms with van der Waals surface area (Å²) < 4.78 is 0. The molecule has 1 aliphatic heterocycles. The van der Waals surface area contributed by atoms with Crippen molar-refractivity contribution in [3.05, 3.63) is 0 Å². The Morgan fingerprint density at radius 3 is 2.55 bits per heavy atom. The molecule has 4 N–H and O–H groups in total. The van der Waals surface area contributed by atoms with Crippen LogP contribution in [0.3, 0.4) is 0 Å². The molecule has 1 fully saturated rings. The summed E-state index contributed by atoms with van der Waals surface area (Å²) in [6, 6.07) is -0.928. The molecule has 1 aliphatic rings. The van der Waals surface area contributed by atoms with Crippen molar-refractivity contribution < 1.29 is 19.5 Å². The topological polar surface area (TPSA) is 113 Å². The number of nitrogens with one attached hydrogen (secondary N) is 1. The molecule has 114 valence electrons. The predicted molar refractivity (Wildman–Crippen MR) is 73.0 cm³/mol. The highest BCUT2D eigenvalue weighted by Gasteiger charge is 2.33. The summed E-state index contributed by atoms with van der Waals surface area (Å²) in [7, 11) is 0. The lowest BCUT2D eigenvalue weighted by Gasteiger charge is -2.36. The molecule has 1 unspecified atom stereocenters. The first-order valence-electron chi connectivity index (χ1n) is 6.83. The van der Waals surface area contributed by atoms with Gasteiger partial charge in [-0.2, -0.15) is 0 Å². The smallest absolute Gasteiger partial charge is 0.318 e. The largest absolute Gasteiger partial charge is 0.481 e. The van der Waals surface area contributed by atoms with E-state index in [-0.39, 0.29) is 12.5 Å². The highest BCUT2D eigenvalue weighted by Crippen LogP contribution is 2.19. The monoisotopic (exact) mass is 285 g/mol. The number of primary amides is 1. The van der Waals surface area contributed by atoms with Gasteiger partial charge in [0, 0.05) is 18.5 Å². The molecular weight excluding hydrogens is 262 g/mol. The zero-order chi connectivity index (χ0) is 15.3. The van der Waals surface area contributed by atoms with Gasteiger partial charge in [0.1, 0.15) is 6.04 Å². The van der Waals surface area contributed by atoms with Crippen LogP contribution in [0, 0.1) is 0 Å². The van der Waals surface area contributed by atoms with Gasteiger partial charge in [0.25, 0.3) is 0 Å². The molecule has 7 nitrogen and oxygen atoms in total. The van der Waals surface area contributed by atoms with E-state index in [1.165, 1.54) is 4.90 Å². The Hall–Kier alpha value is -1.79. The van der Waals surface area contributed by atoms with Gasteiger partial charge in [-0.1, -0.05) is 0 Å². The maximum absolute atomic E-state index is 12.2. The summed E-state index contributed by atoms with van der Waals surface area (Å²) in [6.07, 6.45) is 2.60. The third-order valence-electron chi connectivity index (χ3n) is 3.50. The van der Waals surface area contributed by atoms with Crippen molar-refractivity contribution in [2.75, 3.05) is 6.54 Å². The fourth-order valence-electron chi connectivity index (χ4n) is 2.31. The molecule has 0 aromatic carbocycles. The van der Waals surface area contributed by atoms with E-state index in [1.807, 2.05) is 0 Å². The highest BCUT2D eigenvalue weighted by molar-refractivity contribution is 5.86. The Morgan fingerprint density at radius 2 is 2.00 bits per heavy atom. The fraction of sp³-hybridized carbons (Fsp3) is 0.769. The Morgan fingerprint density at radius 1 is 1.35 bits per heavy atom. The summed E-state index contributed by atoms with van der Waals surface area (Å²) >= 11 is 0. The number of urea groups is 1. The van der Waals surface area contributed by atoms with Gasteiger partial charge in [0.15, 0.2) is 0 Å². The van der Waals surface area contributed by atoms with E-state index in [0.717, 1.165) is 12.8 Å². The molecule has 0 radical (unpaired) electrons. The van der Waals surface area contributed by atoms with E-state index in [1.54, 1.807) is 13.8 Å². The Bertz CT molecular complexity index is 395. The first-order chi connectivity index (χ1) is 9.23. The summed E-state index contributed by atoms with van der Waals surface area (Å²) in [5.74, 6) is -1.40. The molecule has 0 aliphatic carbocycles. The Kier molecular flexibility index (Phi) is 5.35. The van der Waals surface area contributed by atoms with Crippen LogP contribution in [-0.4, -0.2) is 46.0 Å². The molecule has 1 saturated heterocycles. The molecular formula is C13H23N3O4. The molecule has 0 bridgehead atoms. The van der Waals surface area contributed by atoms with Crippen molar-refractivity contribution in [3.63, 3.8) is 0 Å². The number of hydrogen-bond acceptors (Lipinski definition) is 3. The molecule has 20 heavy (non-hydrogen) atoms.